The number of rotatable bonds is 1. The predicted molar refractivity (Wildman–Crippen MR) is 56.1 cm³/mol. The highest BCUT2D eigenvalue weighted by atomic mass is 16.5. The lowest BCUT2D eigenvalue weighted by Crippen LogP contribution is -2.39. The molecule has 1 rings (SSSR count). The predicted octanol–water partition coefficient (Wildman–Crippen LogP) is 1.81. The molecular weight excluding hydrogens is 178 g/mol. The Bertz CT molecular complexity index is 182. The van der Waals surface area contributed by atoms with E-state index in [4.69, 9.17) is 4.74 Å². The van der Waals surface area contributed by atoms with E-state index in [1.807, 2.05) is 7.05 Å². The second kappa shape index (κ2) is 6.02. The molecule has 0 aromatic heterocycles. The maximum Gasteiger partial charge on any atom is 0.323 e. The number of esters is 1. The van der Waals surface area contributed by atoms with Gasteiger partial charge in [0.15, 0.2) is 0 Å². The van der Waals surface area contributed by atoms with Gasteiger partial charge >= 0.3 is 5.97 Å². The molecule has 1 saturated heterocycles. The Morgan fingerprint density at radius 2 is 1.86 bits per heavy atom. The molecule has 0 aromatic carbocycles. The smallest absolute Gasteiger partial charge is 0.323 e. The van der Waals surface area contributed by atoms with Gasteiger partial charge in [0.05, 0.1) is 7.11 Å². The molecule has 0 saturated carbocycles. The van der Waals surface area contributed by atoms with Gasteiger partial charge in [-0.15, -0.1) is 0 Å². The van der Waals surface area contributed by atoms with Crippen LogP contribution in [0.4, 0.5) is 0 Å². The fraction of sp³-hybridized carbons (Fsp3) is 0.909. The van der Waals surface area contributed by atoms with E-state index in [1.54, 1.807) is 0 Å². The van der Waals surface area contributed by atoms with Gasteiger partial charge in [-0.3, -0.25) is 9.69 Å². The van der Waals surface area contributed by atoms with Crippen LogP contribution in [0, 0.1) is 0 Å². The highest BCUT2D eigenvalue weighted by Gasteiger charge is 2.23. The Morgan fingerprint density at radius 1 is 1.21 bits per heavy atom. The Morgan fingerprint density at radius 3 is 2.57 bits per heavy atom. The molecule has 3 heteroatoms. The summed E-state index contributed by atoms with van der Waals surface area (Å²) in [6.07, 6.45) is 7.14. The highest BCUT2D eigenvalue weighted by Crippen LogP contribution is 2.15. The van der Waals surface area contributed by atoms with Crippen molar-refractivity contribution in [2.45, 2.75) is 44.6 Å². The summed E-state index contributed by atoms with van der Waals surface area (Å²) in [5, 5.41) is 0. The molecule has 1 fully saturated rings. The third kappa shape index (κ3) is 3.29. The monoisotopic (exact) mass is 199 g/mol. The van der Waals surface area contributed by atoms with E-state index in [-0.39, 0.29) is 12.0 Å². The molecule has 0 spiro atoms. The number of methoxy groups -OCH3 is 1. The summed E-state index contributed by atoms with van der Waals surface area (Å²) in [5.74, 6) is -0.0746. The third-order valence-corrected chi connectivity index (χ3v) is 2.99. The van der Waals surface area contributed by atoms with Crippen molar-refractivity contribution in [2.24, 2.45) is 0 Å². The van der Waals surface area contributed by atoms with Crippen molar-refractivity contribution in [2.75, 3.05) is 20.7 Å². The summed E-state index contributed by atoms with van der Waals surface area (Å²) in [4.78, 5) is 13.6. The molecule has 3 nitrogen and oxygen atoms in total. The molecule has 1 atom stereocenters. The summed E-state index contributed by atoms with van der Waals surface area (Å²) in [6, 6.07) is -0.0156. The second-order valence-electron chi connectivity index (χ2n) is 4.08. The average Bonchev–Trinajstić information content (AvgIpc) is 2.29. The molecule has 14 heavy (non-hydrogen) atoms. The average molecular weight is 199 g/mol. The van der Waals surface area contributed by atoms with Crippen molar-refractivity contribution < 1.29 is 9.53 Å². The van der Waals surface area contributed by atoms with Crippen molar-refractivity contribution in [3.8, 4) is 0 Å². The number of nitrogens with zero attached hydrogens (tertiary/aromatic N) is 1. The minimum absolute atomic E-state index is 0.0156. The van der Waals surface area contributed by atoms with Gasteiger partial charge in [0.2, 0.25) is 0 Å². The summed E-state index contributed by atoms with van der Waals surface area (Å²) in [7, 11) is 3.50. The van der Waals surface area contributed by atoms with E-state index in [2.05, 4.69) is 4.90 Å². The normalized spacial score (nSPS) is 26.0. The number of hydrogen-bond donors (Lipinski definition) is 0. The van der Waals surface area contributed by atoms with Crippen LogP contribution in [-0.4, -0.2) is 37.6 Å². The molecule has 82 valence electrons. The van der Waals surface area contributed by atoms with Gasteiger partial charge in [-0.25, -0.2) is 0 Å². The number of carbonyl (C=O) groups excluding carboxylic acids is 1. The number of carbonyl (C=O) groups is 1. The standard InChI is InChI=1S/C11H21NO2/c1-12-9-7-5-3-4-6-8-10(12)11(13)14-2/h10H,3-9H2,1-2H3. The molecule has 0 aliphatic carbocycles. The second-order valence-corrected chi connectivity index (χ2v) is 4.08. The van der Waals surface area contributed by atoms with Crippen molar-refractivity contribution in [1.82, 2.24) is 4.90 Å². The summed E-state index contributed by atoms with van der Waals surface area (Å²) in [6.45, 7) is 1.01. The van der Waals surface area contributed by atoms with Crippen LogP contribution in [-0.2, 0) is 9.53 Å². The van der Waals surface area contributed by atoms with Gasteiger partial charge in [0.25, 0.3) is 0 Å². The van der Waals surface area contributed by atoms with Crippen LogP contribution >= 0.6 is 0 Å². The Labute approximate surface area is 86.4 Å². The number of likely N-dealkylation sites (N-methyl/N-ethyl adjacent to an activating group) is 1. The molecule has 0 amide bonds. The first-order chi connectivity index (χ1) is 6.75. The fourth-order valence-electron chi connectivity index (χ4n) is 2.04. The van der Waals surface area contributed by atoms with Crippen LogP contribution in [0.15, 0.2) is 0 Å². The zero-order valence-electron chi connectivity index (χ0n) is 9.29. The molecule has 0 radical (unpaired) electrons. The SMILES string of the molecule is COC(=O)C1CCCCCCCN1C. The van der Waals surface area contributed by atoms with Crippen LogP contribution in [0.25, 0.3) is 0 Å². The summed E-state index contributed by atoms with van der Waals surface area (Å²) in [5.41, 5.74) is 0. The van der Waals surface area contributed by atoms with Crippen molar-refractivity contribution >= 4 is 5.97 Å². The van der Waals surface area contributed by atoms with E-state index in [9.17, 15) is 4.79 Å². The lowest BCUT2D eigenvalue weighted by atomic mass is 10.1. The van der Waals surface area contributed by atoms with Crippen molar-refractivity contribution in [3.63, 3.8) is 0 Å². The molecule has 0 bridgehead atoms. The van der Waals surface area contributed by atoms with Crippen LogP contribution in [0.2, 0.25) is 0 Å². The molecule has 1 aliphatic rings. The quantitative estimate of drug-likeness (QED) is 0.603. The Balaban J connectivity index is 2.52. The van der Waals surface area contributed by atoms with Crippen LogP contribution in [0.5, 0.6) is 0 Å². The summed E-state index contributed by atoms with van der Waals surface area (Å²) >= 11 is 0. The fourth-order valence-corrected chi connectivity index (χ4v) is 2.04. The molecule has 1 heterocycles. The highest BCUT2D eigenvalue weighted by molar-refractivity contribution is 5.75. The van der Waals surface area contributed by atoms with Gasteiger partial charge in [-0.2, -0.15) is 0 Å². The van der Waals surface area contributed by atoms with Crippen LogP contribution in [0.3, 0.4) is 0 Å². The first-order valence-corrected chi connectivity index (χ1v) is 5.54. The van der Waals surface area contributed by atoms with E-state index in [0.717, 1.165) is 19.4 Å². The van der Waals surface area contributed by atoms with E-state index < -0.39 is 0 Å². The van der Waals surface area contributed by atoms with Gasteiger partial charge in [-0.05, 0) is 26.4 Å². The zero-order chi connectivity index (χ0) is 10.4. The maximum atomic E-state index is 11.5. The first-order valence-electron chi connectivity index (χ1n) is 5.54. The van der Waals surface area contributed by atoms with Gasteiger partial charge in [-0.1, -0.05) is 25.7 Å². The lowest BCUT2D eigenvalue weighted by molar-refractivity contribution is -0.146. The van der Waals surface area contributed by atoms with Gasteiger partial charge < -0.3 is 4.74 Å². The molecule has 1 unspecified atom stereocenters. The topological polar surface area (TPSA) is 29.5 Å². The van der Waals surface area contributed by atoms with Crippen LogP contribution in [0.1, 0.15) is 38.5 Å². The minimum atomic E-state index is -0.0746. The van der Waals surface area contributed by atoms with Crippen LogP contribution < -0.4 is 0 Å². The van der Waals surface area contributed by atoms with E-state index in [0.29, 0.717) is 0 Å². The minimum Gasteiger partial charge on any atom is -0.468 e. The number of ether oxygens (including phenoxy) is 1. The molecule has 1 aliphatic heterocycles. The Hall–Kier alpha value is -0.570. The third-order valence-electron chi connectivity index (χ3n) is 2.99. The molecular formula is C11H21NO2. The summed E-state index contributed by atoms with van der Waals surface area (Å²) < 4.78 is 4.82. The lowest BCUT2D eigenvalue weighted by Gasteiger charge is -2.24. The molecule has 0 aromatic rings. The van der Waals surface area contributed by atoms with Gasteiger partial charge in [0, 0.05) is 0 Å². The molecule has 0 N–H and O–H groups in total. The zero-order valence-corrected chi connectivity index (χ0v) is 9.29. The van der Waals surface area contributed by atoms with E-state index >= 15 is 0 Å². The largest absolute Gasteiger partial charge is 0.468 e. The van der Waals surface area contributed by atoms with Gasteiger partial charge in [0.1, 0.15) is 6.04 Å². The number of hydrogen-bond acceptors (Lipinski definition) is 3. The Kier molecular flexibility index (Phi) is 4.94. The first kappa shape index (κ1) is 11.5. The van der Waals surface area contributed by atoms with Crippen molar-refractivity contribution in [1.29, 1.82) is 0 Å². The maximum absolute atomic E-state index is 11.5. The van der Waals surface area contributed by atoms with Crippen molar-refractivity contribution in [3.05, 3.63) is 0 Å². The van der Waals surface area contributed by atoms with E-state index in [1.165, 1.54) is 32.8 Å².